The highest BCUT2D eigenvalue weighted by Crippen LogP contribution is 2.33. The van der Waals surface area contributed by atoms with Crippen LogP contribution in [-0.2, 0) is 19.6 Å². The molecule has 0 aliphatic carbocycles. The predicted molar refractivity (Wildman–Crippen MR) is 173 cm³/mol. The highest BCUT2D eigenvalue weighted by molar-refractivity contribution is 7.89. The molecule has 1 atom stereocenters. The molecule has 0 saturated carbocycles. The van der Waals surface area contributed by atoms with Crippen LogP contribution in [0.4, 0.5) is 5.69 Å². The van der Waals surface area contributed by atoms with Gasteiger partial charge in [0.25, 0.3) is 5.91 Å². The van der Waals surface area contributed by atoms with E-state index in [-0.39, 0.29) is 22.5 Å². The zero-order chi connectivity index (χ0) is 31.8. The van der Waals surface area contributed by atoms with Crippen molar-refractivity contribution in [2.45, 2.75) is 58.1 Å². The first kappa shape index (κ1) is 31.0. The zero-order valence-corrected chi connectivity index (χ0v) is 26.4. The van der Waals surface area contributed by atoms with E-state index in [0.717, 1.165) is 32.8 Å². The second-order valence-electron chi connectivity index (χ2n) is 12.1. The third kappa shape index (κ3) is 6.54. The molecule has 0 fully saturated rings. The number of ether oxygens (including phenoxy) is 1. The third-order valence-electron chi connectivity index (χ3n) is 7.27. The first-order valence-electron chi connectivity index (χ1n) is 14.4. The van der Waals surface area contributed by atoms with E-state index in [1.165, 1.54) is 12.1 Å². The highest BCUT2D eigenvalue weighted by Gasteiger charge is 2.32. The monoisotopic (exact) mass is 612 g/mol. The van der Waals surface area contributed by atoms with Gasteiger partial charge in [0, 0.05) is 16.6 Å². The molecule has 5 rings (SSSR count). The van der Waals surface area contributed by atoms with Crippen molar-refractivity contribution in [1.29, 1.82) is 0 Å². The average molecular weight is 613 g/mol. The van der Waals surface area contributed by atoms with Crippen LogP contribution in [0.15, 0.2) is 94.2 Å². The lowest BCUT2D eigenvalue weighted by molar-refractivity contribution is -0.158. The summed E-state index contributed by atoms with van der Waals surface area (Å²) in [7, 11) is -3.98. The maximum Gasteiger partial charge on any atom is 0.324 e. The number of hydrogen-bond donors (Lipinski definition) is 2. The normalized spacial score (nSPS) is 12.9. The molecule has 9 heteroatoms. The maximum atomic E-state index is 13.2. The van der Waals surface area contributed by atoms with E-state index in [9.17, 15) is 18.0 Å². The van der Waals surface area contributed by atoms with Crippen molar-refractivity contribution < 1.29 is 27.2 Å². The fraction of sp³-hybridized carbons (Fsp3) is 0.257. The number of rotatable bonds is 8. The summed E-state index contributed by atoms with van der Waals surface area (Å²) in [5.74, 6) is -1.02. The first-order valence-corrected chi connectivity index (χ1v) is 15.9. The van der Waals surface area contributed by atoms with Crippen LogP contribution in [0, 0.1) is 12.8 Å². The van der Waals surface area contributed by atoms with Crippen molar-refractivity contribution in [3.8, 4) is 11.1 Å². The van der Waals surface area contributed by atoms with Crippen molar-refractivity contribution in [1.82, 2.24) is 4.72 Å². The Balaban J connectivity index is 1.29. The molecule has 0 radical (unpaired) electrons. The minimum atomic E-state index is -3.98. The van der Waals surface area contributed by atoms with Gasteiger partial charge in [0.1, 0.15) is 17.2 Å². The van der Waals surface area contributed by atoms with Crippen LogP contribution < -0.4 is 10.0 Å². The minimum absolute atomic E-state index is 0.0355. The van der Waals surface area contributed by atoms with Crippen molar-refractivity contribution in [2.75, 3.05) is 5.32 Å². The lowest BCUT2D eigenvalue weighted by Crippen LogP contribution is -2.47. The van der Waals surface area contributed by atoms with Gasteiger partial charge in [-0.15, -0.1) is 0 Å². The maximum absolute atomic E-state index is 13.2. The molecule has 44 heavy (non-hydrogen) atoms. The van der Waals surface area contributed by atoms with Crippen LogP contribution in [-0.4, -0.2) is 31.9 Å². The molecule has 0 bridgehead atoms. The van der Waals surface area contributed by atoms with Gasteiger partial charge in [0.2, 0.25) is 10.0 Å². The van der Waals surface area contributed by atoms with Crippen molar-refractivity contribution in [2.24, 2.45) is 5.92 Å². The SMILES string of the molecule is Cc1c(C(=O)Nc2ccc(-c3ccc(S(=O)(=O)N[C@H](C(=O)OC(C)(C)C)C(C)C)cc3)cc2)oc2ccc3ccccc3c12. The standard InChI is InChI=1S/C35H36N2O6S/c1-21(2)31(34(39)43-35(4,5)6)37-44(40,41)27-18-13-24(14-19-27)23-11-16-26(17-12-23)36-33(38)32-22(3)30-28-10-8-7-9-25(28)15-20-29(30)42-32/h7-21,31,37H,1-6H3,(H,36,38)/t31-/m0/s1. The Labute approximate surface area is 257 Å². The molecular weight excluding hydrogens is 576 g/mol. The Morgan fingerprint density at radius 2 is 1.45 bits per heavy atom. The lowest BCUT2D eigenvalue weighted by atomic mass is 10.0. The average Bonchev–Trinajstić information content (AvgIpc) is 3.32. The number of amides is 1. The van der Waals surface area contributed by atoms with E-state index in [1.54, 1.807) is 58.9 Å². The van der Waals surface area contributed by atoms with Crippen LogP contribution in [0.2, 0.25) is 0 Å². The van der Waals surface area contributed by atoms with E-state index < -0.39 is 27.6 Å². The Kier molecular flexibility index (Phi) is 8.38. The molecule has 5 aromatic rings. The van der Waals surface area contributed by atoms with Gasteiger partial charge < -0.3 is 14.5 Å². The van der Waals surface area contributed by atoms with Crippen LogP contribution in [0.5, 0.6) is 0 Å². The molecule has 0 spiro atoms. The van der Waals surface area contributed by atoms with Gasteiger partial charge in [-0.05, 0) is 85.8 Å². The van der Waals surface area contributed by atoms with Gasteiger partial charge in [0.05, 0.1) is 4.90 Å². The summed E-state index contributed by atoms with van der Waals surface area (Å²) in [6.45, 7) is 10.6. The first-order chi connectivity index (χ1) is 20.7. The topological polar surface area (TPSA) is 115 Å². The Hall–Kier alpha value is -4.47. The Bertz CT molecular complexity index is 1950. The van der Waals surface area contributed by atoms with E-state index in [2.05, 4.69) is 10.0 Å². The van der Waals surface area contributed by atoms with Gasteiger partial charge in [0.15, 0.2) is 5.76 Å². The minimum Gasteiger partial charge on any atom is -0.459 e. The third-order valence-corrected chi connectivity index (χ3v) is 8.73. The summed E-state index contributed by atoms with van der Waals surface area (Å²) in [6, 6.07) is 24.4. The molecule has 0 unspecified atom stereocenters. The molecule has 228 valence electrons. The molecule has 8 nitrogen and oxygen atoms in total. The zero-order valence-electron chi connectivity index (χ0n) is 25.6. The number of benzene rings is 4. The summed E-state index contributed by atoms with van der Waals surface area (Å²) in [5.41, 5.74) is 2.91. The second kappa shape index (κ2) is 11.9. The Morgan fingerprint density at radius 1 is 0.841 bits per heavy atom. The smallest absolute Gasteiger partial charge is 0.324 e. The fourth-order valence-electron chi connectivity index (χ4n) is 5.06. The molecule has 0 saturated heterocycles. The molecule has 1 heterocycles. The number of anilines is 1. The molecule has 4 aromatic carbocycles. The quantitative estimate of drug-likeness (QED) is 0.176. The molecule has 0 aliphatic rings. The van der Waals surface area contributed by atoms with Gasteiger partial charge in [-0.2, -0.15) is 4.72 Å². The fourth-order valence-corrected chi connectivity index (χ4v) is 6.39. The van der Waals surface area contributed by atoms with Gasteiger partial charge >= 0.3 is 5.97 Å². The summed E-state index contributed by atoms with van der Waals surface area (Å²) in [6.07, 6.45) is 0. The number of hydrogen-bond acceptors (Lipinski definition) is 6. The van der Waals surface area contributed by atoms with E-state index in [0.29, 0.717) is 11.3 Å². The lowest BCUT2D eigenvalue weighted by Gasteiger charge is -2.26. The predicted octanol–water partition coefficient (Wildman–Crippen LogP) is 7.46. The van der Waals surface area contributed by atoms with Crippen LogP contribution in [0.25, 0.3) is 32.9 Å². The van der Waals surface area contributed by atoms with Crippen LogP contribution >= 0.6 is 0 Å². The number of sulfonamides is 1. The summed E-state index contributed by atoms with van der Waals surface area (Å²) in [5, 5.41) is 5.94. The number of carbonyl (C=O) groups excluding carboxylic acids is 2. The Morgan fingerprint density at radius 3 is 2.07 bits per heavy atom. The second-order valence-corrected chi connectivity index (χ2v) is 13.9. The highest BCUT2D eigenvalue weighted by atomic mass is 32.2. The number of esters is 1. The van der Waals surface area contributed by atoms with Crippen molar-refractivity contribution in [3.63, 3.8) is 0 Å². The number of nitrogens with one attached hydrogen (secondary N) is 2. The molecule has 1 aromatic heterocycles. The van der Waals surface area contributed by atoms with Crippen molar-refractivity contribution in [3.05, 3.63) is 96.3 Å². The molecule has 0 aliphatic heterocycles. The van der Waals surface area contributed by atoms with Crippen LogP contribution in [0.3, 0.4) is 0 Å². The van der Waals surface area contributed by atoms with Gasteiger partial charge in [-0.25, -0.2) is 8.42 Å². The largest absolute Gasteiger partial charge is 0.459 e. The van der Waals surface area contributed by atoms with Gasteiger partial charge in [-0.3, -0.25) is 9.59 Å². The number of carbonyl (C=O) groups is 2. The van der Waals surface area contributed by atoms with E-state index >= 15 is 0 Å². The number of furan rings is 1. The summed E-state index contributed by atoms with van der Waals surface area (Å²) >= 11 is 0. The number of aryl methyl sites for hydroxylation is 1. The van der Waals surface area contributed by atoms with Crippen molar-refractivity contribution >= 4 is 49.3 Å². The molecular formula is C35H36N2O6S. The van der Waals surface area contributed by atoms with E-state index in [4.69, 9.17) is 9.15 Å². The number of fused-ring (bicyclic) bond motifs is 3. The summed E-state index contributed by atoms with van der Waals surface area (Å²) in [4.78, 5) is 25.8. The summed E-state index contributed by atoms with van der Waals surface area (Å²) < 4.78 is 40.1. The van der Waals surface area contributed by atoms with E-state index in [1.807, 2.05) is 55.5 Å². The molecule has 1 amide bonds. The van der Waals surface area contributed by atoms with Gasteiger partial charge in [-0.1, -0.05) is 68.4 Å². The van der Waals surface area contributed by atoms with Crippen LogP contribution in [0.1, 0.15) is 50.7 Å². The molecule has 2 N–H and O–H groups in total.